The molecule has 2 amide bonds. The van der Waals surface area contributed by atoms with E-state index in [9.17, 15) is 9.59 Å². The van der Waals surface area contributed by atoms with Crippen LogP contribution in [0.25, 0.3) is 5.69 Å². The highest BCUT2D eigenvalue weighted by atomic mass is 35.5. The number of nitrogens with zero attached hydrogens (tertiary/aromatic N) is 2. The van der Waals surface area contributed by atoms with Crippen molar-refractivity contribution in [2.75, 3.05) is 11.1 Å². The molecule has 2 N–H and O–H groups in total. The van der Waals surface area contributed by atoms with Crippen LogP contribution in [0.1, 0.15) is 21.9 Å². The van der Waals surface area contributed by atoms with Crippen LogP contribution in [0.3, 0.4) is 0 Å². The van der Waals surface area contributed by atoms with Crippen molar-refractivity contribution in [2.24, 2.45) is 0 Å². The minimum Gasteiger partial charge on any atom is -0.465 e. The van der Waals surface area contributed by atoms with Crippen LogP contribution in [0, 0.1) is 6.92 Å². The van der Waals surface area contributed by atoms with Gasteiger partial charge < -0.3 is 15.1 Å². The average molecular weight is 481 g/mol. The number of carbonyl (C=O) groups excluding carboxylic acids is 2. The highest BCUT2D eigenvalue weighted by molar-refractivity contribution is 7.99. The van der Waals surface area contributed by atoms with Crippen LogP contribution in [0.2, 0.25) is 5.02 Å². The van der Waals surface area contributed by atoms with E-state index >= 15 is 0 Å². The SMILES string of the molecule is Cc1ccc(CNC(=O)c2ccc(-n3ccnc3SCC(=O)Nc3ccccc3Cl)cc2)o1. The van der Waals surface area contributed by atoms with Crippen molar-refractivity contribution in [3.8, 4) is 5.69 Å². The van der Waals surface area contributed by atoms with E-state index in [1.807, 2.05) is 48.0 Å². The third-order valence-corrected chi connectivity index (χ3v) is 6.01. The van der Waals surface area contributed by atoms with Crippen molar-refractivity contribution in [1.82, 2.24) is 14.9 Å². The summed E-state index contributed by atoms with van der Waals surface area (Å²) >= 11 is 7.40. The fourth-order valence-corrected chi connectivity index (χ4v) is 4.05. The Morgan fingerprint density at radius 1 is 1.09 bits per heavy atom. The number of thioether (sulfide) groups is 1. The lowest BCUT2D eigenvalue weighted by Crippen LogP contribution is -2.22. The largest absolute Gasteiger partial charge is 0.465 e. The van der Waals surface area contributed by atoms with E-state index in [4.69, 9.17) is 16.0 Å². The zero-order valence-corrected chi connectivity index (χ0v) is 19.3. The van der Waals surface area contributed by atoms with Gasteiger partial charge in [-0.3, -0.25) is 14.2 Å². The van der Waals surface area contributed by atoms with Crippen LogP contribution in [0.4, 0.5) is 5.69 Å². The fraction of sp³-hybridized carbons (Fsp3) is 0.125. The molecule has 0 unspecified atom stereocenters. The quantitative estimate of drug-likeness (QED) is 0.343. The van der Waals surface area contributed by atoms with Crippen molar-refractivity contribution in [2.45, 2.75) is 18.6 Å². The minimum absolute atomic E-state index is 0.176. The number of hydrogen-bond acceptors (Lipinski definition) is 5. The Hall–Kier alpha value is -3.49. The van der Waals surface area contributed by atoms with Crippen molar-refractivity contribution in [3.05, 3.63) is 95.2 Å². The van der Waals surface area contributed by atoms with Gasteiger partial charge in [-0.1, -0.05) is 35.5 Å². The summed E-state index contributed by atoms with van der Waals surface area (Å²) in [5.41, 5.74) is 1.94. The first-order valence-corrected chi connectivity index (χ1v) is 11.5. The lowest BCUT2D eigenvalue weighted by atomic mass is 10.2. The molecule has 0 aliphatic rings. The summed E-state index contributed by atoms with van der Waals surface area (Å²) in [7, 11) is 0. The fourth-order valence-electron chi connectivity index (χ4n) is 3.10. The number of imidazole rings is 1. The van der Waals surface area contributed by atoms with Gasteiger partial charge in [0.25, 0.3) is 5.91 Å². The van der Waals surface area contributed by atoms with Crippen LogP contribution in [-0.2, 0) is 11.3 Å². The van der Waals surface area contributed by atoms with Gasteiger partial charge in [0.15, 0.2) is 5.16 Å². The molecule has 2 heterocycles. The molecule has 2 aromatic heterocycles. The molecule has 0 aliphatic heterocycles. The maximum Gasteiger partial charge on any atom is 0.251 e. The zero-order valence-electron chi connectivity index (χ0n) is 17.7. The third-order valence-electron chi connectivity index (χ3n) is 4.71. The Morgan fingerprint density at radius 2 is 1.88 bits per heavy atom. The Labute approximate surface area is 200 Å². The number of rotatable bonds is 8. The number of benzene rings is 2. The second-order valence-electron chi connectivity index (χ2n) is 7.14. The first kappa shape index (κ1) is 22.7. The number of aromatic nitrogens is 2. The molecule has 0 bridgehead atoms. The monoisotopic (exact) mass is 480 g/mol. The Bertz CT molecular complexity index is 1270. The Morgan fingerprint density at radius 3 is 2.61 bits per heavy atom. The predicted octanol–water partition coefficient (Wildman–Crippen LogP) is 5.09. The van der Waals surface area contributed by atoms with Gasteiger partial charge in [-0.15, -0.1) is 0 Å². The van der Waals surface area contributed by atoms with Gasteiger partial charge in [-0.25, -0.2) is 4.98 Å². The van der Waals surface area contributed by atoms with Crippen LogP contribution in [0.5, 0.6) is 0 Å². The molecule has 33 heavy (non-hydrogen) atoms. The standard InChI is InChI=1S/C24H21ClN4O3S/c1-16-6-11-19(32-16)14-27-23(31)17-7-9-18(10-8-17)29-13-12-26-24(29)33-15-22(30)28-21-5-3-2-4-20(21)25/h2-13H,14-15H2,1H3,(H,27,31)(H,28,30). The molecule has 168 valence electrons. The molecular weight excluding hydrogens is 460 g/mol. The number of halogens is 1. The molecule has 7 nitrogen and oxygen atoms in total. The molecular formula is C24H21ClN4O3S. The van der Waals surface area contributed by atoms with Crippen LogP contribution < -0.4 is 10.6 Å². The number of furan rings is 1. The van der Waals surface area contributed by atoms with E-state index in [2.05, 4.69) is 15.6 Å². The van der Waals surface area contributed by atoms with Crippen molar-refractivity contribution in [3.63, 3.8) is 0 Å². The van der Waals surface area contributed by atoms with Gasteiger partial charge in [-0.05, 0) is 55.5 Å². The number of anilines is 1. The number of nitrogens with one attached hydrogen (secondary N) is 2. The van der Waals surface area contributed by atoms with E-state index in [1.54, 1.807) is 36.5 Å². The minimum atomic E-state index is -0.188. The third kappa shape index (κ3) is 5.85. The van der Waals surface area contributed by atoms with Crippen LogP contribution in [-0.4, -0.2) is 27.1 Å². The summed E-state index contributed by atoms with van der Waals surface area (Å²) in [6.07, 6.45) is 3.48. The Balaban J connectivity index is 1.35. The van der Waals surface area contributed by atoms with Gasteiger partial charge in [0.05, 0.1) is 23.0 Å². The van der Waals surface area contributed by atoms with Crippen molar-refractivity contribution in [1.29, 1.82) is 0 Å². The average Bonchev–Trinajstić information content (AvgIpc) is 3.46. The summed E-state index contributed by atoms with van der Waals surface area (Å²) in [6, 6.07) is 17.9. The number of para-hydroxylation sites is 1. The second-order valence-corrected chi connectivity index (χ2v) is 8.49. The lowest BCUT2D eigenvalue weighted by molar-refractivity contribution is -0.113. The first-order chi connectivity index (χ1) is 16.0. The second kappa shape index (κ2) is 10.4. The Kier molecular flexibility index (Phi) is 7.16. The first-order valence-electron chi connectivity index (χ1n) is 10.1. The predicted molar refractivity (Wildman–Crippen MR) is 129 cm³/mol. The summed E-state index contributed by atoms with van der Waals surface area (Å²) < 4.78 is 7.33. The molecule has 9 heteroatoms. The smallest absolute Gasteiger partial charge is 0.251 e. The summed E-state index contributed by atoms with van der Waals surface area (Å²) in [5, 5.41) is 6.79. The maximum atomic E-state index is 12.4. The van der Waals surface area contributed by atoms with Crippen molar-refractivity contribution >= 4 is 40.9 Å². The van der Waals surface area contributed by atoms with Gasteiger partial charge in [-0.2, -0.15) is 0 Å². The number of amides is 2. The summed E-state index contributed by atoms with van der Waals surface area (Å²) in [5.74, 6) is 1.32. The van der Waals surface area contributed by atoms with E-state index < -0.39 is 0 Å². The molecule has 0 saturated carbocycles. The van der Waals surface area contributed by atoms with E-state index in [0.717, 1.165) is 11.4 Å². The maximum absolute atomic E-state index is 12.4. The molecule has 2 aromatic carbocycles. The van der Waals surface area contributed by atoms with E-state index in [-0.39, 0.29) is 17.6 Å². The normalized spacial score (nSPS) is 10.7. The van der Waals surface area contributed by atoms with Crippen LogP contribution >= 0.6 is 23.4 Å². The van der Waals surface area contributed by atoms with Gasteiger partial charge >= 0.3 is 0 Å². The molecule has 0 aliphatic carbocycles. The summed E-state index contributed by atoms with van der Waals surface area (Å²) in [6.45, 7) is 2.19. The highest BCUT2D eigenvalue weighted by Gasteiger charge is 2.12. The van der Waals surface area contributed by atoms with Crippen LogP contribution in [0.15, 0.2) is 82.6 Å². The molecule has 4 aromatic rings. The number of carbonyl (C=O) groups is 2. The van der Waals surface area contributed by atoms with Gasteiger partial charge in [0.2, 0.25) is 5.91 Å². The lowest BCUT2D eigenvalue weighted by Gasteiger charge is -2.10. The topological polar surface area (TPSA) is 89.2 Å². The van der Waals surface area contributed by atoms with E-state index in [1.165, 1.54) is 11.8 Å². The molecule has 0 saturated heterocycles. The summed E-state index contributed by atoms with van der Waals surface area (Å²) in [4.78, 5) is 29.1. The molecule has 0 radical (unpaired) electrons. The molecule has 0 atom stereocenters. The van der Waals surface area contributed by atoms with Crippen molar-refractivity contribution < 1.29 is 14.0 Å². The number of aryl methyl sites for hydroxylation is 1. The van der Waals surface area contributed by atoms with E-state index in [0.29, 0.717) is 33.7 Å². The highest BCUT2D eigenvalue weighted by Crippen LogP contribution is 2.23. The molecule has 4 rings (SSSR count). The van der Waals surface area contributed by atoms with Gasteiger partial charge in [0.1, 0.15) is 11.5 Å². The molecule has 0 spiro atoms. The zero-order chi connectivity index (χ0) is 23.2. The molecule has 0 fully saturated rings. The van der Waals surface area contributed by atoms with Gasteiger partial charge in [0, 0.05) is 23.6 Å². The number of hydrogen-bond donors (Lipinski definition) is 2.